The molecular weight excluding hydrogens is 340 g/mol. The van der Waals surface area contributed by atoms with Crippen LogP contribution in [0.4, 0.5) is 5.13 Å². The number of amides is 2. The molecule has 0 unspecified atom stereocenters. The van der Waals surface area contributed by atoms with Gasteiger partial charge in [-0.15, -0.1) is 10.2 Å². The Bertz CT molecular complexity index is 569. The minimum absolute atomic E-state index is 0.0985. The molecule has 0 spiro atoms. The summed E-state index contributed by atoms with van der Waals surface area (Å²) in [5.74, 6) is -0.841. The number of nitrogens with zero attached hydrogens (tertiary/aromatic N) is 2. The maximum absolute atomic E-state index is 11.8. The van der Waals surface area contributed by atoms with Crippen molar-refractivity contribution in [3.63, 3.8) is 0 Å². The molecule has 2 amide bonds. The van der Waals surface area contributed by atoms with Gasteiger partial charge in [-0.1, -0.05) is 43.9 Å². The van der Waals surface area contributed by atoms with Gasteiger partial charge in [0.1, 0.15) is 6.54 Å². The number of anilines is 1. The summed E-state index contributed by atoms with van der Waals surface area (Å²) in [6.45, 7) is 7.21. The number of aromatic nitrogens is 2. The lowest BCUT2D eigenvalue weighted by molar-refractivity contribution is -0.143. The van der Waals surface area contributed by atoms with Gasteiger partial charge in [0.05, 0.1) is 12.4 Å². The second-order valence-electron chi connectivity index (χ2n) is 5.45. The summed E-state index contributed by atoms with van der Waals surface area (Å²) in [6, 6.07) is 0. The zero-order valence-electron chi connectivity index (χ0n) is 13.5. The molecule has 8 nitrogen and oxygen atoms in total. The van der Waals surface area contributed by atoms with Crippen molar-refractivity contribution in [3.8, 4) is 0 Å². The minimum atomic E-state index is -0.522. The van der Waals surface area contributed by atoms with Crippen LogP contribution in [0.2, 0.25) is 0 Å². The van der Waals surface area contributed by atoms with Crippen molar-refractivity contribution in [1.29, 1.82) is 0 Å². The predicted octanol–water partition coefficient (Wildman–Crippen LogP) is 1.29. The summed E-state index contributed by atoms with van der Waals surface area (Å²) in [5.41, 5.74) is -0.522. The molecule has 0 radical (unpaired) electrons. The number of hydrogen-bond acceptors (Lipinski definition) is 8. The number of thioether (sulfide) groups is 1. The van der Waals surface area contributed by atoms with Crippen LogP contribution in [-0.2, 0) is 19.1 Å². The second-order valence-corrected chi connectivity index (χ2v) is 7.65. The highest BCUT2D eigenvalue weighted by Crippen LogP contribution is 2.26. The molecule has 0 aliphatic heterocycles. The Morgan fingerprint density at radius 1 is 1.26 bits per heavy atom. The summed E-state index contributed by atoms with van der Waals surface area (Å²) in [4.78, 5) is 34.5. The number of rotatable bonds is 7. The SMILES string of the molecule is CCOC(=O)CNC(=O)CSc1nnc(NC(=O)C(C)(C)C)s1. The molecule has 0 aliphatic carbocycles. The van der Waals surface area contributed by atoms with E-state index in [0.717, 1.165) is 0 Å². The third-order valence-electron chi connectivity index (χ3n) is 2.37. The summed E-state index contributed by atoms with van der Waals surface area (Å²) in [7, 11) is 0. The standard InChI is InChI=1S/C13H20N4O4S2/c1-5-21-9(19)6-14-8(18)7-22-12-17-16-11(23-12)15-10(20)13(2,3)4/h5-7H2,1-4H3,(H,14,18)(H,15,16,20). The van der Waals surface area contributed by atoms with Gasteiger partial charge in [-0.3, -0.25) is 14.4 Å². The molecule has 1 heterocycles. The lowest BCUT2D eigenvalue weighted by Gasteiger charge is -2.15. The monoisotopic (exact) mass is 360 g/mol. The van der Waals surface area contributed by atoms with Crippen LogP contribution in [0.25, 0.3) is 0 Å². The van der Waals surface area contributed by atoms with E-state index >= 15 is 0 Å². The molecule has 0 aromatic carbocycles. The average molecular weight is 360 g/mol. The lowest BCUT2D eigenvalue weighted by Crippen LogP contribution is -2.31. The molecule has 0 atom stereocenters. The highest BCUT2D eigenvalue weighted by atomic mass is 32.2. The average Bonchev–Trinajstić information content (AvgIpc) is 2.90. The van der Waals surface area contributed by atoms with Crippen molar-refractivity contribution in [2.24, 2.45) is 5.41 Å². The number of esters is 1. The van der Waals surface area contributed by atoms with Gasteiger partial charge in [0.2, 0.25) is 16.9 Å². The number of carbonyl (C=O) groups excluding carboxylic acids is 3. The van der Waals surface area contributed by atoms with Crippen LogP contribution in [0.1, 0.15) is 27.7 Å². The normalized spacial score (nSPS) is 11.0. The van der Waals surface area contributed by atoms with Crippen LogP contribution in [0.3, 0.4) is 0 Å². The van der Waals surface area contributed by atoms with E-state index in [-0.39, 0.29) is 30.7 Å². The molecule has 1 aromatic rings. The quantitative estimate of drug-likeness (QED) is 0.428. The second kappa shape index (κ2) is 8.82. The molecule has 23 heavy (non-hydrogen) atoms. The fourth-order valence-electron chi connectivity index (χ4n) is 1.16. The molecule has 10 heteroatoms. The van der Waals surface area contributed by atoms with Gasteiger partial charge in [-0.2, -0.15) is 0 Å². The van der Waals surface area contributed by atoms with Crippen LogP contribution in [-0.4, -0.2) is 46.9 Å². The molecule has 128 valence electrons. The van der Waals surface area contributed by atoms with Gasteiger partial charge >= 0.3 is 5.97 Å². The zero-order valence-corrected chi connectivity index (χ0v) is 15.1. The first-order chi connectivity index (χ1) is 10.7. The maximum Gasteiger partial charge on any atom is 0.325 e. The van der Waals surface area contributed by atoms with Gasteiger partial charge in [0.25, 0.3) is 0 Å². The van der Waals surface area contributed by atoms with Crippen molar-refractivity contribution in [2.75, 3.05) is 24.2 Å². The first-order valence-electron chi connectivity index (χ1n) is 6.92. The minimum Gasteiger partial charge on any atom is -0.465 e. The molecule has 1 rings (SSSR count). The number of carbonyl (C=O) groups is 3. The Kier molecular flexibility index (Phi) is 7.43. The fraction of sp³-hybridized carbons (Fsp3) is 0.615. The first-order valence-corrected chi connectivity index (χ1v) is 8.72. The Hall–Kier alpha value is -1.68. The largest absolute Gasteiger partial charge is 0.465 e. The van der Waals surface area contributed by atoms with E-state index < -0.39 is 11.4 Å². The van der Waals surface area contributed by atoms with Gasteiger partial charge < -0.3 is 15.4 Å². The lowest BCUT2D eigenvalue weighted by atomic mass is 9.96. The number of ether oxygens (including phenoxy) is 1. The van der Waals surface area contributed by atoms with Gasteiger partial charge in [0.15, 0.2) is 4.34 Å². The summed E-state index contributed by atoms with van der Waals surface area (Å²) < 4.78 is 5.26. The van der Waals surface area contributed by atoms with Crippen LogP contribution in [0, 0.1) is 5.41 Å². The van der Waals surface area contributed by atoms with E-state index in [1.807, 2.05) is 0 Å². The van der Waals surface area contributed by atoms with Gasteiger partial charge in [-0.25, -0.2) is 0 Å². The van der Waals surface area contributed by atoms with Crippen LogP contribution in [0.15, 0.2) is 4.34 Å². The van der Waals surface area contributed by atoms with Crippen LogP contribution in [0.5, 0.6) is 0 Å². The maximum atomic E-state index is 11.8. The predicted molar refractivity (Wildman–Crippen MR) is 88.4 cm³/mol. The first kappa shape index (κ1) is 19.4. The molecule has 0 saturated carbocycles. The number of nitrogens with one attached hydrogen (secondary N) is 2. The molecular formula is C13H20N4O4S2. The molecule has 0 fully saturated rings. The van der Waals surface area contributed by atoms with Crippen molar-refractivity contribution in [1.82, 2.24) is 15.5 Å². The smallest absolute Gasteiger partial charge is 0.325 e. The third-order valence-corrected chi connectivity index (χ3v) is 4.34. The summed E-state index contributed by atoms with van der Waals surface area (Å²) >= 11 is 2.37. The van der Waals surface area contributed by atoms with E-state index in [1.165, 1.54) is 23.1 Å². The Balaban J connectivity index is 2.37. The molecule has 0 saturated heterocycles. The fourth-order valence-corrected chi connectivity index (χ4v) is 2.74. The van der Waals surface area contributed by atoms with Crippen molar-refractivity contribution >= 4 is 46.0 Å². The van der Waals surface area contributed by atoms with Crippen LogP contribution >= 0.6 is 23.1 Å². The number of hydrogen-bond donors (Lipinski definition) is 2. The van der Waals surface area contributed by atoms with Gasteiger partial charge in [0, 0.05) is 5.41 Å². The van der Waals surface area contributed by atoms with E-state index in [1.54, 1.807) is 27.7 Å². The molecule has 0 bridgehead atoms. The van der Waals surface area contributed by atoms with E-state index in [4.69, 9.17) is 4.74 Å². The Morgan fingerprint density at radius 3 is 2.57 bits per heavy atom. The summed E-state index contributed by atoms with van der Waals surface area (Å²) in [5, 5.41) is 13.3. The molecule has 0 aliphatic rings. The van der Waals surface area contributed by atoms with Crippen molar-refractivity contribution in [2.45, 2.75) is 32.0 Å². The van der Waals surface area contributed by atoms with E-state index in [2.05, 4.69) is 20.8 Å². The third kappa shape index (κ3) is 7.42. The van der Waals surface area contributed by atoms with Crippen LogP contribution < -0.4 is 10.6 Å². The Labute approximate surface area is 142 Å². The Morgan fingerprint density at radius 2 is 1.96 bits per heavy atom. The molecule has 1 aromatic heterocycles. The highest BCUT2D eigenvalue weighted by molar-refractivity contribution is 8.01. The van der Waals surface area contributed by atoms with E-state index in [9.17, 15) is 14.4 Å². The van der Waals surface area contributed by atoms with Gasteiger partial charge in [-0.05, 0) is 6.92 Å². The topological polar surface area (TPSA) is 110 Å². The zero-order chi connectivity index (χ0) is 17.5. The van der Waals surface area contributed by atoms with E-state index in [0.29, 0.717) is 9.47 Å². The van der Waals surface area contributed by atoms with Crippen molar-refractivity contribution < 1.29 is 19.1 Å². The van der Waals surface area contributed by atoms with Crippen molar-refractivity contribution in [3.05, 3.63) is 0 Å². The molecule has 2 N–H and O–H groups in total. The summed E-state index contributed by atoms with van der Waals surface area (Å²) in [6.07, 6.45) is 0. The highest BCUT2D eigenvalue weighted by Gasteiger charge is 2.22.